The van der Waals surface area contributed by atoms with Crippen LogP contribution in [0.4, 0.5) is 0 Å². The molecule has 2 heterocycles. The van der Waals surface area contributed by atoms with Crippen LogP contribution in [0.1, 0.15) is 37.4 Å². The van der Waals surface area contributed by atoms with E-state index >= 15 is 0 Å². The highest BCUT2D eigenvalue weighted by Gasteiger charge is 2.34. The third-order valence-corrected chi connectivity index (χ3v) is 9.17. The molecule has 2 aromatic carbocycles. The number of methoxy groups -OCH3 is 1. The molecule has 1 fully saturated rings. The van der Waals surface area contributed by atoms with E-state index in [0.717, 1.165) is 53.0 Å². The smallest absolute Gasteiger partial charge is 0.308 e. The molecule has 0 aliphatic carbocycles. The molecule has 0 bridgehead atoms. The average molecular weight is 564 g/mol. The van der Waals surface area contributed by atoms with Crippen molar-refractivity contribution in [1.29, 1.82) is 0 Å². The van der Waals surface area contributed by atoms with Crippen molar-refractivity contribution in [3.8, 4) is 5.75 Å². The highest BCUT2D eigenvalue weighted by Crippen LogP contribution is 2.35. The number of aromatic nitrogens is 1. The molecular weight excluding hydrogens is 531 g/mol. The number of aliphatic carboxylic acids is 1. The first kappa shape index (κ1) is 28.0. The van der Waals surface area contributed by atoms with Crippen molar-refractivity contribution in [2.75, 3.05) is 32.5 Å². The number of pyridine rings is 1. The van der Waals surface area contributed by atoms with Crippen molar-refractivity contribution in [3.63, 3.8) is 0 Å². The highest BCUT2D eigenvalue weighted by molar-refractivity contribution is 7.99. The lowest BCUT2D eigenvalue weighted by atomic mass is 9.81. The number of ether oxygens (including phenoxy) is 1. The largest absolute Gasteiger partial charge is 0.497 e. The number of rotatable bonds is 11. The summed E-state index contributed by atoms with van der Waals surface area (Å²) >= 11 is 14.1. The Kier molecular flexibility index (Phi) is 9.96. The third kappa shape index (κ3) is 7.09. The first-order valence-electron chi connectivity index (χ1n) is 12.5. The zero-order valence-electron chi connectivity index (χ0n) is 20.8. The normalized spacial score (nSPS) is 19.1. The van der Waals surface area contributed by atoms with E-state index < -0.39 is 18.0 Å². The van der Waals surface area contributed by atoms with Gasteiger partial charge in [0.15, 0.2) is 0 Å². The number of aliphatic hydroxyl groups excluding tert-OH is 1. The summed E-state index contributed by atoms with van der Waals surface area (Å²) in [5.41, 5.74) is 1.59. The minimum atomic E-state index is -0.763. The second kappa shape index (κ2) is 13.2. The number of carboxylic acids is 1. The molecule has 3 aromatic rings. The van der Waals surface area contributed by atoms with E-state index in [1.54, 1.807) is 25.1 Å². The summed E-state index contributed by atoms with van der Waals surface area (Å²) in [4.78, 5) is 19.6. The van der Waals surface area contributed by atoms with Crippen molar-refractivity contribution in [1.82, 2.24) is 9.88 Å². The number of aliphatic hydroxyl groups is 1. The fourth-order valence-corrected chi connectivity index (χ4v) is 6.69. The summed E-state index contributed by atoms with van der Waals surface area (Å²) in [5.74, 6) is 0.391. The molecule has 3 atom stereocenters. The molecule has 198 valence electrons. The van der Waals surface area contributed by atoms with Crippen LogP contribution in [0, 0.1) is 11.8 Å². The number of carbonyl (C=O) groups is 1. The number of halogens is 2. The first-order chi connectivity index (χ1) is 17.9. The standard InChI is InChI=1S/C28H32Cl2N2O4S/c1-36-19-7-8-25-21(16-19)20(10-12-31-25)26(33)9-6-18-11-14-32(17-22(18)28(34)35)13-3-15-37-27-23(29)4-2-5-24(27)30/h2,4-5,7-8,10,12,16,18,22,26,33H,3,6,9,11,13-15,17H2,1H3,(H,34,35)/t18-,22+,26?/m1/s1. The number of hydrogen-bond acceptors (Lipinski definition) is 6. The van der Waals surface area contributed by atoms with Gasteiger partial charge in [-0.05, 0) is 92.4 Å². The molecule has 1 aromatic heterocycles. The van der Waals surface area contributed by atoms with Gasteiger partial charge in [-0.3, -0.25) is 9.78 Å². The maximum absolute atomic E-state index is 12.1. The molecule has 1 unspecified atom stereocenters. The number of hydrogen-bond donors (Lipinski definition) is 2. The van der Waals surface area contributed by atoms with Crippen molar-refractivity contribution in [3.05, 3.63) is 64.3 Å². The lowest BCUT2D eigenvalue weighted by molar-refractivity contribution is -0.146. The quantitative estimate of drug-likeness (QED) is 0.202. The summed E-state index contributed by atoms with van der Waals surface area (Å²) < 4.78 is 5.34. The van der Waals surface area contributed by atoms with Gasteiger partial charge < -0.3 is 19.8 Å². The molecule has 0 spiro atoms. The molecule has 9 heteroatoms. The van der Waals surface area contributed by atoms with E-state index in [9.17, 15) is 15.0 Å². The summed E-state index contributed by atoms with van der Waals surface area (Å²) in [6, 6.07) is 12.9. The second-order valence-corrected chi connectivity index (χ2v) is 11.3. The van der Waals surface area contributed by atoms with Gasteiger partial charge in [-0.25, -0.2) is 0 Å². The summed E-state index contributed by atoms with van der Waals surface area (Å²) in [5, 5.41) is 23.1. The number of benzene rings is 2. The SMILES string of the molecule is COc1ccc2nccc(C(O)CC[C@@H]3CCN(CCCSc4c(Cl)cccc4Cl)C[C@@H]3C(=O)O)c2c1. The van der Waals surface area contributed by atoms with Crippen LogP contribution >= 0.6 is 35.0 Å². The summed E-state index contributed by atoms with van der Waals surface area (Å²) in [6.07, 6.45) is 3.88. The molecule has 0 radical (unpaired) electrons. The van der Waals surface area contributed by atoms with Gasteiger partial charge in [0.25, 0.3) is 0 Å². The first-order valence-corrected chi connectivity index (χ1v) is 14.2. The molecule has 2 N–H and O–H groups in total. The van der Waals surface area contributed by atoms with E-state index in [4.69, 9.17) is 27.9 Å². The molecule has 1 aliphatic heterocycles. The predicted molar refractivity (Wildman–Crippen MR) is 150 cm³/mol. The Labute approximate surface area is 231 Å². The van der Waals surface area contributed by atoms with Gasteiger partial charge in [-0.2, -0.15) is 0 Å². The van der Waals surface area contributed by atoms with E-state index in [-0.39, 0.29) is 5.92 Å². The van der Waals surface area contributed by atoms with E-state index in [0.29, 0.717) is 35.2 Å². The number of piperidine rings is 1. The average Bonchev–Trinajstić information content (AvgIpc) is 2.90. The fourth-order valence-electron chi connectivity index (χ4n) is 5.07. The molecule has 0 saturated carbocycles. The summed E-state index contributed by atoms with van der Waals surface area (Å²) in [6.45, 7) is 2.22. The van der Waals surface area contributed by atoms with Crippen LogP contribution in [0.2, 0.25) is 10.0 Å². The number of likely N-dealkylation sites (tertiary alicyclic amines) is 1. The van der Waals surface area contributed by atoms with E-state index in [1.807, 2.05) is 42.5 Å². The second-order valence-electron chi connectivity index (χ2n) is 9.42. The molecule has 6 nitrogen and oxygen atoms in total. The molecule has 1 saturated heterocycles. The molecule has 4 rings (SSSR count). The van der Waals surface area contributed by atoms with Gasteiger partial charge in [0, 0.05) is 23.0 Å². The van der Waals surface area contributed by atoms with Crippen molar-refractivity contribution < 1.29 is 19.7 Å². The van der Waals surface area contributed by atoms with Crippen LogP contribution in [-0.4, -0.2) is 58.6 Å². The van der Waals surface area contributed by atoms with E-state index in [1.165, 1.54) is 0 Å². The topological polar surface area (TPSA) is 82.9 Å². The van der Waals surface area contributed by atoms with Crippen LogP contribution in [-0.2, 0) is 4.79 Å². The predicted octanol–water partition coefficient (Wildman–Crippen LogP) is 6.57. The van der Waals surface area contributed by atoms with Gasteiger partial charge in [-0.1, -0.05) is 29.3 Å². The van der Waals surface area contributed by atoms with Crippen LogP contribution in [0.25, 0.3) is 10.9 Å². The Hall–Kier alpha value is -2.03. The Balaban J connectivity index is 1.30. The zero-order valence-corrected chi connectivity index (χ0v) is 23.1. The van der Waals surface area contributed by atoms with Crippen molar-refractivity contribution in [2.24, 2.45) is 11.8 Å². The van der Waals surface area contributed by atoms with Crippen molar-refractivity contribution in [2.45, 2.75) is 36.7 Å². The maximum atomic E-state index is 12.1. The van der Waals surface area contributed by atoms with Gasteiger partial charge in [0.05, 0.1) is 34.7 Å². The monoisotopic (exact) mass is 562 g/mol. The highest BCUT2D eigenvalue weighted by atomic mass is 35.5. The Morgan fingerprint density at radius 3 is 2.76 bits per heavy atom. The Morgan fingerprint density at radius 2 is 2.03 bits per heavy atom. The fraction of sp³-hybridized carbons (Fsp3) is 0.429. The minimum absolute atomic E-state index is 0.0299. The lowest BCUT2D eigenvalue weighted by Crippen LogP contribution is -2.44. The van der Waals surface area contributed by atoms with Gasteiger partial charge >= 0.3 is 5.97 Å². The lowest BCUT2D eigenvalue weighted by Gasteiger charge is -2.37. The van der Waals surface area contributed by atoms with Crippen LogP contribution < -0.4 is 4.74 Å². The van der Waals surface area contributed by atoms with Gasteiger partial charge in [0.1, 0.15) is 5.75 Å². The maximum Gasteiger partial charge on any atom is 0.308 e. The number of thioether (sulfide) groups is 1. The Bertz CT molecular complexity index is 1210. The zero-order chi connectivity index (χ0) is 26.4. The van der Waals surface area contributed by atoms with Crippen LogP contribution in [0.15, 0.2) is 53.6 Å². The minimum Gasteiger partial charge on any atom is -0.497 e. The number of fused-ring (bicyclic) bond motifs is 1. The van der Waals surface area contributed by atoms with Crippen LogP contribution in [0.5, 0.6) is 5.75 Å². The number of carboxylic acid groups (broad SMARTS) is 1. The third-order valence-electron chi connectivity index (χ3n) is 7.09. The van der Waals surface area contributed by atoms with Crippen molar-refractivity contribution >= 4 is 51.8 Å². The molecular formula is C28H32Cl2N2O4S. The molecule has 1 aliphatic rings. The van der Waals surface area contributed by atoms with E-state index in [2.05, 4.69) is 9.88 Å². The van der Waals surface area contributed by atoms with Crippen LogP contribution in [0.3, 0.4) is 0 Å². The summed E-state index contributed by atoms with van der Waals surface area (Å²) in [7, 11) is 1.61. The van der Waals surface area contributed by atoms with Gasteiger partial charge in [0.2, 0.25) is 0 Å². The Morgan fingerprint density at radius 1 is 1.24 bits per heavy atom. The number of nitrogens with zero attached hydrogens (tertiary/aromatic N) is 2. The molecule has 0 amide bonds. The van der Waals surface area contributed by atoms with Gasteiger partial charge in [-0.15, -0.1) is 11.8 Å². The molecule has 37 heavy (non-hydrogen) atoms.